The van der Waals surface area contributed by atoms with E-state index in [-0.39, 0.29) is 10.7 Å². The normalized spacial score (nSPS) is 28.3. The molecule has 26 heavy (non-hydrogen) atoms. The van der Waals surface area contributed by atoms with Crippen LogP contribution in [0.4, 0.5) is 4.39 Å². The van der Waals surface area contributed by atoms with Gasteiger partial charge in [0.15, 0.2) is 11.9 Å². The Morgan fingerprint density at radius 3 is 2.54 bits per heavy atom. The average Bonchev–Trinajstić information content (AvgIpc) is 2.81. The molecule has 2 N–H and O–H groups in total. The van der Waals surface area contributed by atoms with Crippen LogP contribution in [0.25, 0.3) is 0 Å². The Hall–Kier alpha value is -1.87. The van der Waals surface area contributed by atoms with Gasteiger partial charge in [0.2, 0.25) is 10.7 Å². The molecule has 2 aromatic rings. The van der Waals surface area contributed by atoms with Gasteiger partial charge >= 0.3 is 0 Å². The summed E-state index contributed by atoms with van der Waals surface area (Å²) in [6, 6.07) is 7.35. The molecule has 0 amide bonds. The number of alkyl halides is 1. The summed E-state index contributed by atoms with van der Waals surface area (Å²) in [5, 5.41) is 19.2. The van der Waals surface area contributed by atoms with E-state index in [1.54, 1.807) is 6.07 Å². The van der Waals surface area contributed by atoms with Crippen LogP contribution in [0, 0.1) is 18.6 Å². The molecule has 6 nitrogen and oxygen atoms in total. The fourth-order valence-electron chi connectivity index (χ4n) is 3.06. The predicted molar refractivity (Wildman–Crippen MR) is 95.6 cm³/mol. The van der Waals surface area contributed by atoms with Crippen molar-refractivity contribution in [2.45, 2.75) is 44.9 Å². The molecular formula is C18H21FN2O4S. The van der Waals surface area contributed by atoms with E-state index in [1.807, 2.05) is 32.0 Å². The summed E-state index contributed by atoms with van der Waals surface area (Å²) >= 11 is 5.26. The molecule has 0 aliphatic carbocycles. The molecule has 4 atom stereocenters. The number of aromatic nitrogens is 2. The first kappa shape index (κ1) is 18.9. The maximum Gasteiger partial charge on any atom is 0.223 e. The van der Waals surface area contributed by atoms with Crippen molar-refractivity contribution >= 4 is 12.2 Å². The van der Waals surface area contributed by atoms with E-state index in [0.717, 1.165) is 11.1 Å². The minimum Gasteiger partial charge on any atom is -0.438 e. The van der Waals surface area contributed by atoms with Crippen LogP contribution < -0.4 is 4.74 Å². The Bertz CT molecular complexity index is 850. The number of aliphatic hydroxyl groups excluding tert-OH is 2. The van der Waals surface area contributed by atoms with Crippen LogP contribution in [0.1, 0.15) is 24.3 Å². The number of para-hydroxylation sites is 1. The number of benzene rings is 1. The number of halogens is 1. The zero-order valence-electron chi connectivity index (χ0n) is 14.7. The first-order valence-corrected chi connectivity index (χ1v) is 8.63. The standard InChI is InChI=1S/C18H21FN2O4S/c1-10-5-4-6-11(2)14(10)25-13-7-8-21(17(26)20-13)16-18(3,19)15(23)12(9-22)24-16/h4-8,12,15-16,22-23H,9H2,1-3H3/t12-,15?,16-,18-/m1/s1. The third-order valence-electron chi connectivity index (χ3n) is 4.57. The number of hydrogen-bond acceptors (Lipinski definition) is 6. The molecule has 0 radical (unpaired) electrons. The molecule has 1 fully saturated rings. The van der Waals surface area contributed by atoms with Crippen molar-refractivity contribution < 1.29 is 24.1 Å². The van der Waals surface area contributed by atoms with E-state index in [4.69, 9.17) is 21.7 Å². The first-order valence-electron chi connectivity index (χ1n) is 8.22. The molecule has 1 aromatic carbocycles. The zero-order valence-corrected chi connectivity index (χ0v) is 15.5. The Labute approximate surface area is 155 Å². The molecule has 1 unspecified atom stereocenters. The fraction of sp³-hybridized carbons (Fsp3) is 0.444. The smallest absolute Gasteiger partial charge is 0.223 e. The molecule has 0 spiro atoms. The summed E-state index contributed by atoms with van der Waals surface area (Å²) in [6.07, 6.45) is -2.18. The maximum absolute atomic E-state index is 14.9. The van der Waals surface area contributed by atoms with Gasteiger partial charge in [0.1, 0.15) is 18.0 Å². The highest BCUT2D eigenvalue weighted by molar-refractivity contribution is 7.71. The number of aryl methyl sites for hydroxylation is 2. The molecule has 1 saturated heterocycles. The van der Waals surface area contributed by atoms with Gasteiger partial charge in [-0.25, -0.2) is 4.39 Å². The number of rotatable bonds is 4. The van der Waals surface area contributed by atoms with Gasteiger partial charge in [-0.3, -0.25) is 4.57 Å². The molecule has 0 bridgehead atoms. The van der Waals surface area contributed by atoms with E-state index < -0.39 is 30.7 Å². The lowest BCUT2D eigenvalue weighted by molar-refractivity contribution is -0.0601. The van der Waals surface area contributed by atoms with Gasteiger partial charge in [0.25, 0.3) is 0 Å². The van der Waals surface area contributed by atoms with Crippen molar-refractivity contribution in [2.75, 3.05) is 6.61 Å². The molecule has 8 heteroatoms. The quantitative estimate of drug-likeness (QED) is 0.794. The van der Waals surface area contributed by atoms with Gasteiger partial charge in [-0.1, -0.05) is 18.2 Å². The lowest BCUT2D eigenvalue weighted by Crippen LogP contribution is -2.40. The highest BCUT2D eigenvalue weighted by atomic mass is 32.1. The number of aliphatic hydroxyl groups is 2. The summed E-state index contributed by atoms with van der Waals surface area (Å²) < 4.78 is 27.6. The summed E-state index contributed by atoms with van der Waals surface area (Å²) in [5.74, 6) is 0.969. The molecule has 0 saturated carbocycles. The summed E-state index contributed by atoms with van der Waals surface area (Å²) in [4.78, 5) is 4.20. The van der Waals surface area contributed by atoms with Crippen LogP contribution in [0.2, 0.25) is 0 Å². The van der Waals surface area contributed by atoms with E-state index in [0.29, 0.717) is 5.75 Å². The molecule has 3 rings (SSSR count). The van der Waals surface area contributed by atoms with E-state index >= 15 is 0 Å². The van der Waals surface area contributed by atoms with Crippen molar-refractivity contribution in [3.63, 3.8) is 0 Å². The molecule has 1 aliphatic rings. The number of nitrogens with zero attached hydrogens (tertiary/aromatic N) is 2. The van der Waals surface area contributed by atoms with Crippen LogP contribution in [0.15, 0.2) is 30.5 Å². The lowest BCUT2D eigenvalue weighted by atomic mass is 9.99. The number of ether oxygens (including phenoxy) is 2. The molecule has 1 aliphatic heterocycles. The van der Waals surface area contributed by atoms with Gasteiger partial charge in [-0.05, 0) is 44.1 Å². The molecular weight excluding hydrogens is 359 g/mol. The van der Waals surface area contributed by atoms with Crippen molar-refractivity contribution in [1.82, 2.24) is 9.55 Å². The summed E-state index contributed by atoms with van der Waals surface area (Å²) in [7, 11) is 0. The van der Waals surface area contributed by atoms with Gasteiger partial charge in [0.05, 0.1) is 6.61 Å². The van der Waals surface area contributed by atoms with Crippen molar-refractivity contribution in [1.29, 1.82) is 0 Å². The number of hydrogen-bond donors (Lipinski definition) is 2. The van der Waals surface area contributed by atoms with Crippen molar-refractivity contribution in [2.24, 2.45) is 0 Å². The monoisotopic (exact) mass is 380 g/mol. The zero-order chi connectivity index (χ0) is 19.1. The van der Waals surface area contributed by atoms with Gasteiger partial charge < -0.3 is 19.7 Å². The van der Waals surface area contributed by atoms with E-state index in [9.17, 15) is 14.6 Å². The van der Waals surface area contributed by atoms with Crippen LogP contribution in [0.5, 0.6) is 11.6 Å². The fourth-order valence-corrected chi connectivity index (χ4v) is 3.31. The molecule has 2 heterocycles. The second kappa shape index (κ2) is 7.03. The van der Waals surface area contributed by atoms with E-state index in [1.165, 1.54) is 17.7 Å². The van der Waals surface area contributed by atoms with Gasteiger partial charge in [-0.15, -0.1) is 0 Å². The molecule has 140 valence electrons. The SMILES string of the molecule is Cc1cccc(C)c1Oc1ccn([C@@H]2O[C@H](CO)C(O)[C@@]2(C)F)c(=S)n1. The van der Waals surface area contributed by atoms with Crippen LogP contribution in [0.3, 0.4) is 0 Å². The minimum atomic E-state index is -2.12. The predicted octanol–water partition coefficient (Wildman–Crippen LogP) is 3.00. The molecule has 1 aromatic heterocycles. The lowest BCUT2D eigenvalue weighted by Gasteiger charge is -2.25. The van der Waals surface area contributed by atoms with Gasteiger partial charge in [0, 0.05) is 12.3 Å². The van der Waals surface area contributed by atoms with Crippen LogP contribution >= 0.6 is 12.2 Å². The van der Waals surface area contributed by atoms with Gasteiger partial charge in [-0.2, -0.15) is 4.98 Å². The second-order valence-electron chi connectivity index (χ2n) is 6.58. The highest BCUT2D eigenvalue weighted by Gasteiger charge is 2.54. The van der Waals surface area contributed by atoms with E-state index in [2.05, 4.69) is 4.98 Å². The van der Waals surface area contributed by atoms with Crippen molar-refractivity contribution in [3.8, 4) is 11.6 Å². The summed E-state index contributed by atoms with van der Waals surface area (Å²) in [6.45, 7) is 4.57. The summed E-state index contributed by atoms with van der Waals surface area (Å²) in [5.41, 5.74) is -0.208. The van der Waals surface area contributed by atoms with Crippen LogP contribution in [-0.4, -0.2) is 44.2 Å². The average molecular weight is 380 g/mol. The Kier molecular flexibility index (Phi) is 5.12. The Morgan fingerprint density at radius 1 is 1.35 bits per heavy atom. The topological polar surface area (TPSA) is 76.7 Å². The highest BCUT2D eigenvalue weighted by Crippen LogP contribution is 2.41. The minimum absolute atomic E-state index is 0.0494. The Balaban J connectivity index is 1.90. The first-order chi connectivity index (χ1) is 12.3. The van der Waals surface area contributed by atoms with Crippen molar-refractivity contribution in [3.05, 3.63) is 46.4 Å². The largest absolute Gasteiger partial charge is 0.438 e. The maximum atomic E-state index is 14.9. The third kappa shape index (κ3) is 3.25. The van der Waals surface area contributed by atoms with Crippen LogP contribution in [-0.2, 0) is 4.74 Å². The third-order valence-corrected chi connectivity index (χ3v) is 4.87. The second-order valence-corrected chi connectivity index (χ2v) is 6.95. The Morgan fingerprint density at radius 2 is 2.00 bits per heavy atom.